The number of hydrogen-bond acceptors (Lipinski definition) is 3. The van der Waals surface area contributed by atoms with Crippen LogP contribution >= 0.6 is 0 Å². The number of nitriles is 1. The van der Waals surface area contributed by atoms with Crippen LogP contribution in [0.15, 0.2) is 24.3 Å². The van der Waals surface area contributed by atoms with Crippen molar-refractivity contribution in [2.75, 3.05) is 13.7 Å². The van der Waals surface area contributed by atoms with Gasteiger partial charge in [-0.05, 0) is 32.4 Å². The van der Waals surface area contributed by atoms with Gasteiger partial charge in [-0.25, -0.2) is 0 Å². The lowest BCUT2D eigenvalue weighted by Crippen LogP contribution is -2.32. The summed E-state index contributed by atoms with van der Waals surface area (Å²) in [6.45, 7) is 4.43. The van der Waals surface area contributed by atoms with Gasteiger partial charge in [-0.2, -0.15) is 5.26 Å². The number of hydrogen-bond donors (Lipinski definition) is 1. The summed E-state index contributed by atoms with van der Waals surface area (Å²) in [4.78, 5) is 11.9. The van der Waals surface area contributed by atoms with Gasteiger partial charge >= 0.3 is 0 Å². The van der Waals surface area contributed by atoms with Crippen molar-refractivity contribution in [3.63, 3.8) is 0 Å². The van der Waals surface area contributed by atoms with Crippen LogP contribution in [-0.4, -0.2) is 25.2 Å². The predicted octanol–water partition coefficient (Wildman–Crippen LogP) is 2.10. The van der Waals surface area contributed by atoms with Gasteiger partial charge in [-0.15, -0.1) is 0 Å². The Bertz CT molecular complexity index is 461. The molecule has 0 spiro atoms. The molecular formula is C14H18N2O2. The standard InChI is InChI=1S/C14H18N2O2/c1-14(2,18-3)8-9-16-13(17)12-7-5-4-6-11(12)10-15/h4-7H,8-9H2,1-3H3,(H,16,17). The maximum atomic E-state index is 11.9. The molecule has 96 valence electrons. The van der Waals surface area contributed by atoms with Crippen LogP contribution < -0.4 is 5.32 Å². The first-order valence-corrected chi connectivity index (χ1v) is 5.82. The molecule has 1 amide bonds. The van der Waals surface area contributed by atoms with Crippen LogP contribution in [0.1, 0.15) is 36.2 Å². The summed E-state index contributed by atoms with van der Waals surface area (Å²) in [6.07, 6.45) is 0.712. The molecule has 1 aromatic carbocycles. The fourth-order valence-electron chi connectivity index (χ4n) is 1.45. The zero-order valence-electron chi connectivity index (χ0n) is 11.0. The smallest absolute Gasteiger partial charge is 0.252 e. The molecule has 0 saturated heterocycles. The molecule has 0 radical (unpaired) electrons. The minimum Gasteiger partial charge on any atom is -0.379 e. The van der Waals surface area contributed by atoms with E-state index in [9.17, 15) is 4.79 Å². The van der Waals surface area contributed by atoms with Gasteiger partial charge in [0.1, 0.15) is 0 Å². The monoisotopic (exact) mass is 246 g/mol. The molecule has 0 aliphatic heterocycles. The summed E-state index contributed by atoms with van der Waals surface area (Å²) in [7, 11) is 1.65. The summed E-state index contributed by atoms with van der Waals surface area (Å²) in [5.74, 6) is -0.223. The van der Waals surface area contributed by atoms with Crippen molar-refractivity contribution in [2.45, 2.75) is 25.9 Å². The Morgan fingerprint density at radius 1 is 1.44 bits per heavy atom. The van der Waals surface area contributed by atoms with Crippen molar-refractivity contribution >= 4 is 5.91 Å². The molecule has 0 unspecified atom stereocenters. The van der Waals surface area contributed by atoms with Gasteiger partial charge in [-0.1, -0.05) is 12.1 Å². The second-order valence-electron chi connectivity index (χ2n) is 4.63. The molecule has 0 heterocycles. The number of amides is 1. The van der Waals surface area contributed by atoms with Gasteiger partial charge in [0, 0.05) is 13.7 Å². The SMILES string of the molecule is COC(C)(C)CCNC(=O)c1ccccc1C#N. The third-order valence-electron chi connectivity index (χ3n) is 2.86. The molecule has 0 saturated carbocycles. The number of benzene rings is 1. The molecule has 18 heavy (non-hydrogen) atoms. The summed E-state index contributed by atoms with van der Waals surface area (Å²) < 4.78 is 5.27. The van der Waals surface area contributed by atoms with Crippen LogP contribution in [0, 0.1) is 11.3 Å². The number of nitrogens with one attached hydrogen (secondary N) is 1. The van der Waals surface area contributed by atoms with Crippen molar-refractivity contribution in [1.82, 2.24) is 5.32 Å². The zero-order chi connectivity index (χ0) is 13.6. The highest BCUT2D eigenvalue weighted by molar-refractivity contribution is 5.96. The lowest BCUT2D eigenvalue weighted by Gasteiger charge is -2.22. The number of methoxy groups -OCH3 is 1. The third kappa shape index (κ3) is 3.86. The average Bonchev–Trinajstić information content (AvgIpc) is 2.38. The largest absolute Gasteiger partial charge is 0.379 e. The Kier molecular flexibility index (Phi) is 4.87. The number of ether oxygens (including phenoxy) is 1. The first-order valence-electron chi connectivity index (χ1n) is 5.82. The van der Waals surface area contributed by atoms with Crippen molar-refractivity contribution < 1.29 is 9.53 Å². The van der Waals surface area contributed by atoms with E-state index < -0.39 is 0 Å². The summed E-state index contributed by atoms with van der Waals surface area (Å²) in [5.41, 5.74) is 0.540. The topological polar surface area (TPSA) is 62.1 Å². The lowest BCUT2D eigenvalue weighted by molar-refractivity contribution is 0.0160. The molecule has 0 aliphatic carbocycles. The number of carbonyl (C=O) groups excluding carboxylic acids is 1. The van der Waals surface area contributed by atoms with E-state index >= 15 is 0 Å². The summed E-state index contributed by atoms with van der Waals surface area (Å²) in [5, 5.41) is 11.7. The second-order valence-corrected chi connectivity index (χ2v) is 4.63. The van der Waals surface area contributed by atoms with Crippen LogP contribution in [0.5, 0.6) is 0 Å². The van der Waals surface area contributed by atoms with Gasteiger partial charge in [0.05, 0.1) is 22.8 Å². The molecule has 0 aliphatic rings. The molecule has 1 N–H and O–H groups in total. The minimum absolute atomic E-state index is 0.223. The van der Waals surface area contributed by atoms with Gasteiger partial charge < -0.3 is 10.1 Å². The van der Waals surface area contributed by atoms with E-state index in [0.717, 1.165) is 0 Å². The molecule has 4 nitrogen and oxygen atoms in total. The summed E-state index contributed by atoms with van der Waals surface area (Å²) >= 11 is 0. The average molecular weight is 246 g/mol. The molecule has 0 bridgehead atoms. The van der Waals surface area contributed by atoms with Crippen LogP contribution in [-0.2, 0) is 4.74 Å². The highest BCUT2D eigenvalue weighted by Crippen LogP contribution is 2.12. The van der Waals surface area contributed by atoms with Crippen LogP contribution in [0.2, 0.25) is 0 Å². The quantitative estimate of drug-likeness (QED) is 0.865. The molecule has 1 aromatic rings. The van der Waals surface area contributed by atoms with E-state index in [1.807, 2.05) is 19.9 Å². The molecule has 0 atom stereocenters. The van der Waals surface area contributed by atoms with Gasteiger partial charge in [-0.3, -0.25) is 4.79 Å². The highest BCUT2D eigenvalue weighted by atomic mass is 16.5. The number of nitrogens with zero attached hydrogens (tertiary/aromatic N) is 1. The van der Waals surface area contributed by atoms with Crippen molar-refractivity contribution in [3.05, 3.63) is 35.4 Å². The first kappa shape index (κ1) is 14.2. The van der Waals surface area contributed by atoms with Crippen molar-refractivity contribution in [1.29, 1.82) is 5.26 Å². The van der Waals surface area contributed by atoms with E-state index in [4.69, 9.17) is 10.00 Å². The Balaban J connectivity index is 2.59. The Morgan fingerprint density at radius 2 is 2.11 bits per heavy atom. The number of rotatable bonds is 5. The van der Waals surface area contributed by atoms with Crippen LogP contribution in [0.3, 0.4) is 0 Å². The van der Waals surface area contributed by atoms with E-state index in [-0.39, 0.29) is 11.5 Å². The van der Waals surface area contributed by atoms with Crippen molar-refractivity contribution in [2.24, 2.45) is 0 Å². The second kappa shape index (κ2) is 6.18. The molecule has 4 heteroatoms. The van der Waals surface area contributed by atoms with Gasteiger partial charge in [0.2, 0.25) is 0 Å². The number of carbonyl (C=O) groups is 1. The van der Waals surface area contributed by atoms with Crippen LogP contribution in [0.25, 0.3) is 0 Å². The Labute approximate surface area is 108 Å². The fourth-order valence-corrected chi connectivity index (χ4v) is 1.45. The van der Waals surface area contributed by atoms with Gasteiger partial charge in [0.25, 0.3) is 5.91 Å². The normalized spacial score (nSPS) is 10.8. The van der Waals surface area contributed by atoms with E-state index in [2.05, 4.69) is 5.32 Å². The predicted molar refractivity (Wildman–Crippen MR) is 69.2 cm³/mol. The Morgan fingerprint density at radius 3 is 2.72 bits per heavy atom. The molecule has 1 rings (SSSR count). The zero-order valence-corrected chi connectivity index (χ0v) is 11.0. The van der Waals surface area contributed by atoms with Gasteiger partial charge in [0.15, 0.2) is 0 Å². The van der Waals surface area contributed by atoms with E-state index in [0.29, 0.717) is 24.1 Å². The molecule has 0 aromatic heterocycles. The fraction of sp³-hybridized carbons (Fsp3) is 0.429. The third-order valence-corrected chi connectivity index (χ3v) is 2.86. The van der Waals surface area contributed by atoms with Crippen molar-refractivity contribution in [3.8, 4) is 6.07 Å². The molecular weight excluding hydrogens is 228 g/mol. The summed E-state index contributed by atoms with van der Waals surface area (Å²) in [6, 6.07) is 8.77. The Hall–Kier alpha value is -1.86. The lowest BCUT2D eigenvalue weighted by atomic mass is 10.0. The van der Waals surface area contributed by atoms with Crippen LogP contribution in [0.4, 0.5) is 0 Å². The van der Waals surface area contributed by atoms with E-state index in [1.54, 1.807) is 31.4 Å². The highest BCUT2D eigenvalue weighted by Gasteiger charge is 2.17. The van der Waals surface area contributed by atoms with E-state index in [1.165, 1.54) is 0 Å². The maximum absolute atomic E-state index is 11.9. The minimum atomic E-state index is -0.262. The first-order chi connectivity index (χ1) is 8.50. The molecule has 0 fully saturated rings. The maximum Gasteiger partial charge on any atom is 0.252 e.